The molecule has 6 heteroatoms. The Hall–Kier alpha value is -3.30. The predicted octanol–water partition coefficient (Wildman–Crippen LogP) is 2.71. The molecule has 0 aromatic heterocycles. The van der Waals surface area contributed by atoms with Crippen molar-refractivity contribution < 1.29 is 14.7 Å². The van der Waals surface area contributed by atoms with Crippen LogP contribution in [0.15, 0.2) is 59.6 Å². The normalized spacial score (nSPS) is 16.7. The number of hydrogen-bond donors (Lipinski definition) is 2. The number of ether oxygens (including phenoxy) is 1. The van der Waals surface area contributed by atoms with E-state index in [0.29, 0.717) is 17.6 Å². The standard InChI is InChI=1S/C20H19N3O3/c1-14(23(25)20(21)24)10-11-15-6-5-9-17(12-15)19-22-18(13-26-19)16-7-3-2-4-8-16/h2-9,12,14,18,25H,13H2,1H3,(H2,21,24)/t14?,18-/m0/s1. The van der Waals surface area contributed by atoms with Gasteiger partial charge in [-0.05, 0) is 30.7 Å². The van der Waals surface area contributed by atoms with Crippen LogP contribution in [0.2, 0.25) is 0 Å². The number of hydrogen-bond acceptors (Lipinski definition) is 4. The van der Waals surface area contributed by atoms with Gasteiger partial charge in [0.15, 0.2) is 0 Å². The quantitative estimate of drug-likeness (QED) is 0.507. The van der Waals surface area contributed by atoms with Crippen LogP contribution in [0, 0.1) is 11.8 Å². The summed E-state index contributed by atoms with van der Waals surface area (Å²) in [6, 6.07) is 15.8. The van der Waals surface area contributed by atoms with E-state index in [1.165, 1.54) is 0 Å². The number of aliphatic imine (C=N–C) groups is 1. The van der Waals surface area contributed by atoms with Crippen molar-refractivity contribution in [1.29, 1.82) is 0 Å². The average molecular weight is 349 g/mol. The lowest BCUT2D eigenvalue weighted by atomic mass is 10.1. The largest absolute Gasteiger partial charge is 0.475 e. The van der Waals surface area contributed by atoms with Crippen molar-refractivity contribution in [3.05, 3.63) is 71.3 Å². The van der Waals surface area contributed by atoms with E-state index in [0.717, 1.165) is 16.7 Å². The number of hydroxylamine groups is 2. The van der Waals surface area contributed by atoms with Gasteiger partial charge in [-0.25, -0.2) is 9.79 Å². The lowest BCUT2D eigenvalue weighted by molar-refractivity contribution is -0.0536. The zero-order valence-electron chi connectivity index (χ0n) is 14.3. The lowest BCUT2D eigenvalue weighted by Crippen LogP contribution is -2.38. The first-order chi connectivity index (χ1) is 12.5. The molecule has 2 aromatic carbocycles. The molecule has 2 atom stereocenters. The third-order valence-electron chi connectivity index (χ3n) is 3.96. The fraction of sp³-hybridized carbons (Fsp3) is 0.200. The number of amides is 2. The third-order valence-corrected chi connectivity index (χ3v) is 3.96. The van der Waals surface area contributed by atoms with E-state index in [4.69, 9.17) is 10.5 Å². The first kappa shape index (κ1) is 17.5. The molecule has 2 aromatic rings. The van der Waals surface area contributed by atoms with E-state index in [-0.39, 0.29) is 6.04 Å². The van der Waals surface area contributed by atoms with Crippen LogP contribution in [0.5, 0.6) is 0 Å². The molecule has 1 aliphatic rings. The molecular weight excluding hydrogens is 330 g/mol. The maximum absolute atomic E-state index is 10.9. The molecule has 0 bridgehead atoms. The predicted molar refractivity (Wildman–Crippen MR) is 97.7 cm³/mol. The van der Waals surface area contributed by atoms with E-state index < -0.39 is 12.1 Å². The second kappa shape index (κ2) is 7.72. The summed E-state index contributed by atoms with van der Waals surface area (Å²) in [6.45, 7) is 2.08. The van der Waals surface area contributed by atoms with Crippen molar-refractivity contribution in [3.8, 4) is 11.8 Å². The topological polar surface area (TPSA) is 88.2 Å². The van der Waals surface area contributed by atoms with Gasteiger partial charge < -0.3 is 10.5 Å². The molecule has 3 N–H and O–H groups in total. The summed E-state index contributed by atoms with van der Waals surface area (Å²) in [5.74, 6) is 6.27. The van der Waals surface area contributed by atoms with Crippen LogP contribution in [0.4, 0.5) is 4.79 Å². The number of urea groups is 1. The van der Waals surface area contributed by atoms with Crippen LogP contribution in [-0.2, 0) is 4.74 Å². The molecule has 3 rings (SSSR count). The van der Waals surface area contributed by atoms with Crippen LogP contribution >= 0.6 is 0 Å². The van der Waals surface area contributed by atoms with Gasteiger partial charge in [0.2, 0.25) is 5.90 Å². The fourth-order valence-corrected chi connectivity index (χ4v) is 2.55. The summed E-state index contributed by atoms with van der Waals surface area (Å²) in [5.41, 5.74) is 7.68. The summed E-state index contributed by atoms with van der Waals surface area (Å²) in [6.07, 6.45) is 0. The average Bonchev–Trinajstić information content (AvgIpc) is 3.16. The van der Waals surface area contributed by atoms with E-state index in [1.807, 2.05) is 54.6 Å². The maximum Gasteiger partial charge on any atom is 0.339 e. The molecule has 6 nitrogen and oxygen atoms in total. The van der Waals surface area contributed by atoms with E-state index in [9.17, 15) is 10.0 Å². The van der Waals surface area contributed by atoms with Crippen LogP contribution in [-0.4, -0.2) is 34.8 Å². The van der Waals surface area contributed by atoms with Gasteiger partial charge in [0.25, 0.3) is 0 Å². The van der Waals surface area contributed by atoms with Crippen LogP contribution < -0.4 is 5.73 Å². The number of carbonyl (C=O) groups excluding carboxylic acids is 1. The Balaban J connectivity index is 1.77. The molecule has 0 radical (unpaired) electrons. The molecule has 1 heterocycles. The summed E-state index contributed by atoms with van der Waals surface area (Å²) in [7, 11) is 0. The Morgan fingerprint density at radius 2 is 2.08 bits per heavy atom. The molecule has 2 amide bonds. The summed E-state index contributed by atoms with van der Waals surface area (Å²) < 4.78 is 5.75. The third kappa shape index (κ3) is 4.02. The number of nitrogens with zero attached hydrogens (tertiary/aromatic N) is 2. The van der Waals surface area contributed by atoms with Crippen molar-refractivity contribution in [2.75, 3.05) is 6.61 Å². The molecule has 0 saturated carbocycles. The van der Waals surface area contributed by atoms with E-state index >= 15 is 0 Å². The van der Waals surface area contributed by atoms with Gasteiger partial charge in [0.05, 0.1) is 0 Å². The van der Waals surface area contributed by atoms with Crippen molar-refractivity contribution >= 4 is 11.9 Å². The number of primary amides is 1. The fourth-order valence-electron chi connectivity index (χ4n) is 2.55. The number of carbonyl (C=O) groups is 1. The summed E-state index contributed by atoms with van der Waals surface area (Å²) in [5, 5.41) is 9.85. The van der Waals surface area contributed by atoms with Gasteiger partial charge in [-0.15, -0.1) is 0 Å². The molecular formula is C20H19N3O3. The molecule has 0 saturated heterocycles. The summed E-state index contributed by atoms with van der Waals surface area (Å²) in [4.78, 5) is 15.6. The molecule has 0 spiro atoms. The van der Waals surface area contributed by atoms with Crippen molar-refractivity contribution in [2.45, 2.75) is 19.0 Å². The highest BCUT2D eigenvalue weighted by Crippen LogP contribution is 2.25. The van der Waals surface area contributed by atoms with Crippen LogP contribution in [0.3, 0.4) is 0 Å². The van der Waals surface area contributed by atoms with E-state index in [1.54, 1.807) is 6.92 Å². The highest BCUT2D eigenvalue weighted by atomic mass is 16.5. The van der Waals surface area contributed by atoms with Crippen molar-refractivity contribution in [3.63, 3.8) is 0 Å². The van der Waals surface area contributed by atoms with Crippen molar-refractivity contribution in [1.82, 2.24) is 5.06 Å². The minimum Gasteiger partial charge on any atom is -0.475 e. The maximum atomic E-state index is 10.9. The van der Waals surface area contributed by atoms with Gasteiger partial charge in [-0.1, -0.05) is 48.2 Å². The molecule has 1 unspecified atom stereocenters. The van der Waals surface area contributed by atoms with Crippen LogP contribution in [0.1, 0.15) is 29.7 Å². The number of nitrogens with two attached hydrogens (primary N) is 1. The number of benzene rings is 2. The first-order valence-corrected chi connectivity index (χ1v) is 8.19. The molecule has 0 fully saturated rings. The molecule has 1 aliphatic heterocycles. The Morgan fingerprint density at radius 1 is 1.31 bits per heavy atom. The van der Waals surface area contributed by atoms with Gasteiger partial charge in [0, 0.05) is 11.1 Å². The lowest BCUT2D eigenvalue weighted by Gasteiger charge is -2.14. The zero-order chi connectivity index (χ0) is 18.5. The second-order valence-electron chi connectivity index (χ2n) is 5.88. The Morgan fingerprint density at radius 3 is 2.81 bits per heavy atom. The monoisotopic (exact) mass is 349 g/mol. The number of rotatable bonds is 3. The molecule has 26 heavy (non-hydrogen) atoms. The smallest absolute Gasteiger partial charge is 0.339 e. The van der Waals surface area contributed by atoms with Gasteiger partial charge >= 0.3 is 6.03 Å². The second-order valence-corrected chi connectivity index (χ2v) is 5.88. The van der Waals surface area contributed by atoms with Crippen molar-refractivity contribution in [2.24, 2.45) is 10.7 Å². The van der Waals surface area contributed by atoms with Gasteiger partial charge in [0.1, 0.15) is 18.7 Å². The SMILES string of the molecule is CC(C#Cc1cccc(C2=N[C@H](c3ccccc3)CO2)c1)N(O)C(N)=O. The highest BCUT2D eigenvalue weighted by molar-refractivity contribution is 5.95. The molecule has 132 valence electrons. The van der Waals surface area contributed by atoms with E-state index in [2.05, 4.69) is 16.8 Å². The summed E-state index contributed by atoms with van der Waals surface area (Å²) >= 11 is 0. The highest BCUT2D eigenvalue weighted by Gasteiger charge is 2.21. The first-order valence-electron chi connectivity index (χ1n) is 8.19. The minimum atomic E-state index is -0.943. The van der Waals surface area contributed by atoms with Gasteiger partial charge in [-0.2, -0.15) is 5.06 Å². The Kier molecular flexibility index (Phi) is 5.20. The Bertz CT molecular complexity index is 884. The van der Waals surface area contributed by atoms with Crippen LogP contribution in [0.25, 0.3) is 0 Å². The Labute approximate surface area is 151 Å². The van der Waals surface area contributed by atoms with Gasteiger partial charge in [-0.3, -0.25) is 5.21 Å². The minimum absolute atomic E-state index is 0.0144. The molecule has 0 aliphatic carbocycles. The zero-order valence-corrected chi connectivity index (χ0v) is 14.3.